The Labute approximate surface area is 300 Å². The molecule has 14 nitrogen and oxygen atoms in total. The van der Waals surface area contributed by atoms with Crippen LogP contribution in [0.3, 0.4) is 0 Å². The molecule has 0 aromatic heterocycles. The van der Waals surface area contributed by atoms with Crippen molar-refractivity contribution in [3.05, 3.63) is 35.4 Å². The van der Waals surface area contributed by atoms with Crippen molar-refractivity contribution in [3.63, 3.8) is 0 Å². The van der Waals surface area contributed by atoms with Crippen molar-refractivity contribution in [3.8, 4) is 0 Å². The van der Waals surface area contributed by atoms with E-state index in [4.69, 9.17) is 0 Å². The van der Waals surface area contributed by atoms with Gasteiger partial charge in [0.2, 0.25) is 23.6 Å². The summed E-state index contributed by atoms with van der Waals surface area (Å²) in [6.07, 6.45) is 1.82. The molecule has 2 aromatic rings. The zero-order valence-corrected chi connectivity index (χ0v) is 30.8. The molecule has 0 spiro atoms. The van der Waals surface area contributed by atoms with Gasteiger partial charge in [0.15, 0.2) is 0 Å². The van der Waals surface area contributed by atoms with Gasteiger partial charge in [-0.05, 0) is 23.3 Å². The van der Waals surface area contributed by atoms with Crippen molar-refractivity contribution in [2.45, 2.75) is 63.2 Å². The van der Waals surface area contributed by atoms with E-state index in [-0.39, 0.29) is 107 Å². The van der Waals surface area contributed by atoms with Gasteiger partial charge in [0, 0.05) is 25.7 Å². The summed E-state index contributed by atoms with van der Waals surface area (Å²) >= 11 is 0. The maximum Gasteiger partial charge on any atom is 1.00 e. The molecule has 0 aliphatic heterocycles. The average molecular weight is 669 g/mol. The minimum atomic E-state index is -5.33. The smallest absolute Gasteiger partial charge is 0.744 e. The fourth-order valence-corrected chi connectivity index (χ4v) is 5.24. The van der Waals surface area contributed by atoms with Crippen LogP contribution in [0.4, 0.5) is 22.7 Å². The van der Waals surface area contributed by atoms with Crippen LogP contribution in [-0.4, -0.2) is 49.6 Å². The Kier molecular flexibility index (Phi) is 17.3. The summed E-state index contributed by atoms with van der Waals surface area (Å²) in [5, 5.41) is 9.44. The molecule has 0 aliphatic carbocycles. The number of rotatable bonds is 12. The molecule has 2 rings (SSSR count). The van der Waals surface area contributed by atoms with Crippen LogP contribution in [0.2, 0.25) is 0 Å². The van der Waals surface area contributed by atoms with Crippen LogP contribution < -0.4 is 80.4 Å². The Balaban J connectivity index is 0.00000924. The predicted octanol–water partition coefficient (Wildman–Crippen LogP) is -2.93. The van der Waals surface area contributed by atoms with Crippen LogP contribution in [0.25, 0.3) is 12.2 Å². The van der Waals surface area contributed by atoms with E-state index in [0.717, 1.165) is 24.3 Å². The first kappa shape index (κ1) is 41.9. The van der Waals surface area contributed by atoms with Crippen LogP contribution in [0, 0.1) is 0 Å². The van der Waals surface area contributed by atoms with Gasteiger partial charge in [-0.1, -0.05) is 52.0 Å². The maximum atomic E-state index is 12.4. The summed E-state index contributed by atoms with van der Waals surface area (Å²) in [6, 6.07) is 4.73. The third-order valence-electron chi connectivity index (χ3n) is 5.68. The van der Waals surface area contributed by atoms with Crippen molar-refractivity contribution >= 4 is 78.8 Å². The minimum absolute atomic E-state index is 0. The van der Waals surface area contributed by atoms with Gasteiger partial charge in [-0.3, -0.25) is 19.2 Å². The molecule has 0 saturated heterocycles. The Morgan fingerprint density at radius 2 is 0.841 bits per heavy atom. The van der Waals surface area contributed by atoms with Gasteiger partial charge in [-0.2, -0.15) is 0 Å². The van der Waals surface area contributed by atoms with E-state index < -0.39 is 65.0 Å². The zero-order chi connectivity index (χ0) is 31.8. The fraction of sp³-hybridized carbons (Fsp3) is 0.308. The molecule has 0 saturated carbocycles. The van der Waals surface area contributed by atoms with Crippen molar-refractivity contribution < 1.29 is 104 Å². The van der Waals surface area contributed by atoms with E-state index in [1.165, 1.54) is 39.8 Å². The maximum absolute atomic E-state index is 12.4. The van der Waals surface area contributed by atoms with Gasteiger partial charge in [-0.15, -0.1) is 0 Å². The van der Waals surface area contributed by atoms with Crippen LogP contribution in [0.15, 0.2) is 34.1 Å². The number of nitrogens with one attached hydrogen (secondary N) is 4. The minimum Gasteiger partial charge on any atom is -0.744 e. The normalized spacial score (nSPS) is 11.1. The SMILES string of the molecule is CCC(=O)Nc1ccc(/C=C/c2ccc(NC(=O)CC)c(NC(=O)CC)c2S(=O)(=O)[O-])c(S(=O)(=O)[O-])c1NC(=O)CC.[Na+].[Na+]. The molecule has 228 valence electrons. The van der Waals surface area contributed by atoms with Crippen molar-refractivity contribution in [2.75, 3.05) is 21.3 Å². The summed E-state index contributed by atoms with van der Waals surface area (Å²) in [7, 11) is -10.7. The molecular weight excluding hydrogens is 638 g/mol. The van der Waals surface area contributed by atoms with Crippen molar-refractivity contribution in [1.29, 1.82) is 0 Å². The molecule has 0 fully saturated rings. The molecule has 44 heavy (non-hydrogen) atoms. The van der Waals surface area contributed by atoms with E-state index in [1.807, 2.05) is 0 Å². The first-order valence-corrected chi connectivity index (χ1v) is 15.5. The molecule has 0 atom stereocenters. The second-order valence-corrected chi connectivity index (χ2v) is 11.3. The number of amides is 4. The molecule has 0 unspecified atom stereocenters. The van der Waals surface area contributed by atoms with E-state index in [2.05, 4.69) is 21.3 Å². The Bertz CT molecular complexity index is 1540. The molecule has 4 amide bonds. The Morgan fingerprint density at radius 1 is 0.568 bits per heavy atom. The van der Waals surface area contributed by atoms with Crippen molar-refractivity contribution in [2.24, 2.45) is 0 Å². The quantitative estimate of drug-likeness (QED) is 0.102. The monoisotopic (exact) mass is 668 g/mol. The molecule has 2 aromatic carbocycles. The number of carbonyl (C=O) groups is 4. The Morgan fingerprint density at radius 3 is 1.09 bits per heavy atom. The van der Waals surface area contributed by atoms with Gasteiger partial charge in [0.05, 0.1) is 32.5 Å². The number of carbonyl (C=O) groups excluding carboxylic acids is 4. The molecule has 0 radical (unpaired) electrons. The third kappa shape index (κ3) is 11.3. The van der Waals surface area contributed by atoms with Gasteiger partial charge in [0.25, 0.3) is 0 Å². The molecule has 4 N–H and O–H groups in total. The third-order valence-corrected chi connectivity index (χ3v) is 7.56. The molecule has 0 bridgehead atoms. The first-order valence-electron chi connectivity index (χ1n) is 12.7. The Hall–Kier alpha value is -2.12. The fourth-order valence-electron chi connectivity index (χ4n) is 3.57. The van der Waals surface area contributed by atoms with E-state index >= 15 is 0 Å². The van der Waals surface area contributed by atoms with Crippen LogP contribution in [0.1, 0.15) is 64.5 Å². The largest absolute Gasteiger partial charge is 1.00 e. The second-order valence-electron chi connectivity index (χ2n) is 8.66. The summed E-state index contributed by atoms with van der Waals surface area (Å²) in [5.74, 6) is -2.42. The summed E-state index contributed by atoms with van der Waals surface area (Å²) in [6.45, 7) is 6.00. The van der Waals surface area contributed by atoms with Gasteiger partial charge < -0.3 is 30.4 Å². The standard InChI is InChI=1S/C26H32N4O10S2.2Na/c1-5-19(31)27-17-13-11-15(25(41(35,36)37)23(17)29-21(33)7-3)9-10-16-12-14-18(28-20(32)6-2)24(30-22(34)8-4)26(16)42(38,39)40;;/h9-14H,5-8H2,1-4H3,(H,27,31)(H,28,32)(H,29,33)(H,30,34)(H,35,36,37)(H,38,39,40);;/q;2*+1/p-2/b10-9+;;. The van der Waals surface area contributed by atoms with Gasteiger partial charge in [-0.25, -0.2) is 16.8 Å². The van der Waals surface area contributed by atoms with Gasteiger partial charge >= 0.3 is 59.1 Å². The molecule has 0 aliphatic rings. The zero-order valence-electron chi connectivity index (χ0n) is 25.2. The van der Waals surface area contributed by atoms with Gasteiger partial charge in [0.1, 0.15) is 20.2 Å². The number of hydrogen-bond acceptors (Lipinski definition) is 10. The summed E-state index contributed by atoms with van der Waals surface area (Å²) in [5.41, 5.74) is -1.96. The van der Waals surface area contributed by atoms with Crippen LogP contribution >= 0.6 is 0 Å². The van der Waals surface area contributed by atoms with E-state index in [0.29, 0.717) is 0 Å². The number of hydrogen-bond donors (Lipinski definition) is 4. The predicted molar refractivity (Wildman–Crippen MR) is 153 cm³/mol. The first-order chi connectivity index (χ1) is 19.6. The van der Waals surface area contributed by atoms with E-state index in [1.54, 1.807) is 0 Å². The van der Waals surface area contributed by atoms with Crippen LogP contribution in [-0.2, 0) is 39.4 Å². The number of benzene rings is 2. The average Bonchev–Trinajstić information content (AvgIpc) is 2.91. The van der Waals surface area contributed by atoms with Crippen molar-refractivity contribution in [1.82, 2.24) is 0 Å². The molecule has 0 heterocycles. The molecular formula is C26H30N4Na2O10S2. The number of anilines is 4. The summed E-state index contributed by atoms with van der Waals surface area (Å²) in [4.78, 5) is 46.6. The summed E-state index contributed by atoms with van der Waals surface area (Å²) < 4.78 is 74.3. The second kappa shape index (κ2) is 18.1. The van der Waals surface area contributed by atoms with E-state index in [9.17, 15) is 45.1 Å². The topological polar surface area (TPSA) is 231 Å². The van der Waals surface area contributed by atoms with Crippen LogP contribution in [0.5, 0.6) is 0 Å². The molecule has 18 heteroatoms.